The summed E-state index contributed by atoms with van der Waals surface area (Å²) in [5, 5.41) is 0. The molecule has 3 heteroatoms. The van der Waals surface area contributed by atoms with Gasteiger partial charge in [-0.05, 0) is 43.2 Å². The van der Waals surface area contributed by atoms with Gasteiger partial charge in [-0.15, -0.1) is 0 Å². The molecule has 2 heterocycles. The van der Waals surface area contributed by atoms with Crippen molar-refractivity contribution in [2.75, 3.05) is 18.0 Å². The van der Waals surface area contributed by atoms with Gasteiger partial charge in [0.1, 0.15) is 0 Å². The van der Waals surface area contributed by atoms with E-state index in [0.29, 0.717) is 12.0 Å². The Kier molecular flexibility index (Phi) is 3.25. The van der Waals surface area contributed by atoms with E-state index in [2.05, 4.69) is 22.0 Å². The highest BCUT2D eigenvalue weighted by Crippen LogP contribution is 2.46. The van der Waals surface area contributed by atoms with Gasteiger partial charge in [0.15, 0.2) is 0 Å². The van der Waals surface area contributed by atoms with Gasteiger partial charge in [-0.1, -0.05) is 12.8 Å². The third kappa shape index (κ3) is 2.24. The summed E-state index contributed by atoms with van der Waals surface area (Å²) >= 11 is 0. The van der Waals surface area contributed by atoms with Gasteiger partial charge in [0.25, 0.3) is 0 Å². The van der Waals surface area contributed by atoms with E-state index in [9.17, 15) is 0 Å². The predicted molar refractivity (Wildman–Crippen MR) is 74.5 cm³/mol. The van der Waals surface area contributed by atoms with Crippen LogP contribution in [0.4, 0.5) is 5.69 Å². The van der Waals surface area contributed by atoms with Gasteiger partial charge < -0.3 is 10.6 Å². The van der Waals surface area contributed by atoms with Crippen LogP contribution in [0.15, 0.2) is 18.3 Å². The van der Waals surface area contributed by atoms with Crippen LogP contribution >= 0.6 is 0 Å². The summed E-state index contributed by atoms with van der Waals surface area (Å²) in [4.78, 5) is 6.88. The van der Waals surface area contributed by atoms with E-state index in [4.69, 9.17) is 5.73 Å². The van der Waals surface area contributed by atoms with Crippen molar-refractivity contribution in [2.24, 2.45) is 11.1 Å². The first-order chi connectivity index (χ1) is 8.81. The lowest BCUT2D eigenvalue weighted by Crippen LogP contribution is -2.38. The first-order valence-corrected chi connectivity index (χ1v) is 7.21. The predicted octanol–water partition coefficient (Wildman–Crippen LogP) is 2.70. The largest absolute Gasteiger partial charge is 0.370 e. The van der Waals surface area contributed by atoms with E-state index in [1.165, 1.54) is 57.3 Å². The molecule has 0 bridgehead atoms. The van der Waals surface area contributed by atoms with Gasteiger partial charge in [-0.25, -0.2) is 0 Å². The summed E-state index contributed by atoms with van der Waals surface area (Å²) in [6.45, 7) is 2.93. The Morgan fingerprint density at radius 3 is 2.39 bits per heavy atom. The van der Waals surface area contributed by atoms with Crippen molar-refractivity contribution in [1.82, 2.24) is 4.98 Å². The Hall–Kier alpha value is -1.09. The number of nitrogens with two attached hydrogens (primary N) is 1. The summed E-state index contributed by atoms with van der Waals surface area (Å²) in [5.74, 6) is 0. The minimum atomic E-state index is 0.531. The van der Waals surface area contributed by atoms with E-state index in [0.717, 1.165) is 5.69 Å². The summed E-state index contributed by atoms with van der Waals surface area (Å²) in [7, 11) is 0. The number of aromatic nitrogens is 1. The minimum absolute atomic E-state index is 0.531. The molecule has 0 amide bonds. The molecule has 18 heavy (non-hydrogen) atoms. The Balaban J connectivity index is 1.64. The lowest BCUT2D eigenvalue weighted by atomic mass is 9.77. The molecule has 1 saturated heterocycles. The topological polar surface area (TPSA) is 42.1 Å². The highest BCUT2D eigenvalue weighted by Gasteiger charge is 2.36. The maximum atomic E-state index is 5.58. The maximum absolute atomic E-state index is 5.58. The summed E-state index contributed by atoms with van der Waals surface area (Å²) < 4.78 is 0. The van der Waals surface area contributed by atoms with Crippen molar-refractivity contribution in [3.63, 3.8) is 0 Å². The summed E-state index contributed by atoms with van der Waals surface area (Å²) in [6, 6.07) is 4.22. The number of piperidine rings is 1. The highest BCUT2D eigenvalue weighted by atomic mass is 15.1. The average molecular weight is 245 g/mol. The van der Waals surface area contributed by atoms with E-state index in [1.807, 2.05) is 6.20 Å². The molecule has 2 aliphatic rings. The fourth-order valence-corrected chi connectivity index (χ4v) is 3.59. The zero-order valence-corrected chi connectivity index (χ0v) is 11.1. The van der Waals surface area contributed by atoms with Gasteiger partial charge in [-0.3, -0.25) is 4.98 Å². The Labute approximate surface area is 109 Å². The second kappa shape index (κ2) is 4.88. The Morgan fingerprint density at radius 1 is 1.11 bits per heavy atom. The van der Waals surface area contributed by atoms with Crippen LogP contribution in [0.1, 0.15) is 44.2 Å². The molecule has 2 fully saturated rings. The molecule has 1 aliphatic carbocycles. The van der Waals surface area contributed by atoms with Crippen LogP contribution in [0.5, 0.6) is 0 Å². The molecule has 1 saturated carbocycles. The fraction of sp³-hybridized carbons (Fsp3) is 0.667. The standard InChI is InChI=1S/C15H23N3/c16-11-13-3-4-14(12-17-13)18-9-7-15(8-10-18)5-1-2-6-15/h3-4,12H,1-2,5-11,16H2. The van der Waals surface area contributed by atoms with Gasteiger partial charge in [-0.2, -0.15) is 0 Å². The second-order valence-corrected chi connectivity index (χ2v) is 5.91. The number of rotatable bonds is 2. The SMILES string of the molecule is NCc1ccc(N2CCC3(CCCC3)CC2)cn1. The van der Waals surface area contributed by atoms with Crippen LogP contribution in [0, 0.1) is 5.41 Å². The van der Waals surface area contributed by atoms with Crippen molar-refractivity contribution in [2.45, 2.75) is 45.1 Å². The van der Waals surface area contributed by atoms with Crippen LogP contribution in [0.25, 0.3) is 0 Å². The fourth-order valence-electron chi connectivity index (χ4n) is 3.59. The first kappa shape index (κ1) is 12.0. The summed E-state index contributed by atoms with van der Waals surface area (Å²) in [6.07, 6.45) is 10.5. The molecule has 3 rings (SSSR count). The van der Waals surface area contributed by atoms with Gasteiger partial charge in [0.05, 0.1) is 17.6 Å². The highest BCUT2D eigenvalue weighted by molar-refractivity contribution is 5.45. The monoisotopic (exact) mass is 245 g/mol. The molecular formula is C15H23N3. The normalized spacial score (nSPS) is 22.6. The van der Waals surface area contributed by atoms with Gasteiger partial charge >= 0.3 is 0 Å². The molecule has 98 valence electrons. The average Bonchev–Trinajstić information content (AvgIpc) is 2.88. The van der Waals surface area contributed by atoms with E-state index in [1.54, 1.807) is 0 Å². The smallest absolute Gasteiger partial charge is 0.0552 e. The molecule has 0 aromatic carbocycles. The van der Waals surface area contributed by atoms with Gasteiger partial charge in [0.2, 0.25) is 0 Å². The van der Waals surface area contributed by atoms with Crippen LogP contribution in [0.3, 0.4) is 0 Å². The third-order valence-corrected chi connectivity index (χ3v) is 4.87. The number of hydrogen-bond acceptors (Lipinski definition) is 3. The van der Waals surface area contributed by atoms with E-state index < -0.39 is 0 Å². The lowest BCUT2D eigenvalue weighted by Gasteiger charge is -2.40. The molecule has 2 N–H and O–H groups in total. The van der Waals surface area contributed by atoms with Crippen LogP contribution in [-0.2, 0) is 6.54 Å². The minimum Gasteiger partial charge on any atom is -0.370 e. The number of pyridine rings is 1. The molecule has 0 atom stereocenters. The van der Waals surface area contributed by atoms with Crippen LogP contribution in [0.2, 0.25) is 0 Å². The number of anilines is 1. The molecule has 3 nitrogen and oxygen atoms in total. The zero-order valence-electron chi connectivity index (χ0n) is 11.1. The molecule has 1 aromatic rings. The Bertz CT molecular complexity index is 383. The van der Waals surface area contributed by atoms with Crippen LogP contribution in [-0.4, -0.2) is 18.1 Å². The third-order valence-electron chi connectivity index (χ3n) is 4.87. The van der Waals surface area contributed by atoms with Crippen molar-refractivity contribution < 1.29 is 0 Å². The van der Waals surface area contributed by atoms with Crippen molar-refractivity contribution in [3.8, 4) is 0 Å². The molecule has 1 aliphatic heterocycles. The number of hydrogen-bond donors (Lipinski definition) is 1. The Morgan fingerprint density at radius 2 is 1.83 bits per heavy atom. The molecule has 1 aromatic heterocycles. The first-order valence-electron chi connectivity index (χ1n) is 7.21. The van der Waals surface area contributed by atoms with Gasteiger partial charge in [0, 0.05) is 19.6 Å². The molecule has 0 unspecified atom stereocenters. The van der Waals surface area contributed by atoms with E-state index >= 15 is 0 Å². The molecule has 1 spiro atoms. The summed E-state index contributed by atoms with van der Waals surface area (Å²) in [5.41, 5.74) is 8.52. The molecular weight excluding hydrogens is 222 g/mol. The lowest BCUT2D eigenvalue weighted by molar-refractivity contribution is 0.226. The molecule has 0 radical (unpaired) electrons. The number of nitrogens with zero attached hydrogens (tertiary/aromatic N) is 2. The second-order valence-electron chi connectivity index (χ2n) is 5.91. The van der Waals surface area contributed by atoms with E-state index in [-0.39, 0.29) is 0 Å². The quantitative estimate of drug-likeness (QED) is 0.871. The van der Waals surface area contributed by atoms with Crippen molar-refractivity contribution >= 4 is 5.69 Å². The van der Waals surface area contributed by atoms with Crippen molar-refractivity contribution in [1.29, 1.82) is 0 Å². The maximum Gasteiger partial charge on any atom is 0.0552 e. The van der Waals surface area contributed by atoms with Crippen molar-refractivity contribution in [3.05, 3.63) is 24.0 Å². The zero-order chi connectivity index (χ0) is 12.4. The van der Waals surface area contributed by atoms with Crippen LogP contribution < -0.4 is 10.6 Å².